The van der Waals surface area contributed by atoms with Crippen molar-refractivity contribution >= 4 is 34.0 Å². The van der Waals surface area contributed by atoms with Gasteiger partial charge in [-0.25, -0.2) is 4.98 Å². The van der Waals surface area contributed by atoms with E-state index in [1.54, 1.807) is 16.0 Å². The second-order valence-electron chi connectivity index (χ2n) is 8.02. The number of anilines is 1. The van der Waals surface area contributed by atoms with E-state index in [0.717, 1.165) is 58.9 Å². The molecule has 0 saturated carbocycles. The highest BCUT2D eigenvalue weighted by Gasteiger charge is 2.27. The molecule has 4 heterocycles. The first kappa shape index (κ1) is 19.8. The van der Waals surface area contributed by atoms with Crippen molar-refractivity contribution in [1.29, 1.82) is 0 Å². The number of hydrogen-bond donors (Lipinski definition) is 1. The normalized spacial score (nSPS) is 14.8. The molecule has 0 unspecified atom stereocenters. The van der Waals surface area contributed by atoms with Crippen molar-refractivity contribution in [1.82, 2.24) is 19.7 Å². The van der Waals surface area contributed by atoms with Gasteiger partial charge in [-0.1, -0.05) is 24.3 Å². The molecule has 31 heavy (non-hydrogen) atoms. The van der Waals surface area contributed by atoms with E-state index in [0.29, 0.717) is 11.6 Å². The number of nitrogens with zero attached hydrogens (tertiary/aromatic N) is 4. The minimum absolute atomic E-state index is 0.0690. The molecule has 1 saturated heterocycles. The third-order valence-corrected chi connectivity index (χ3v) is 6.79. The van der Waals surface area contributed by atoms with Crippen LogP contribution in [0.5, 0.6) is 0 Å². The first-order valence-electron chi connectivity index (χ1n) is 10.6. The molecule has 1 fully saturated rings. The number of amides is 1. The SMILES string of the molecule is Cc1nn(C)c2nc(-c3cccs3)cc(C(=O)N3CCC(Nc4ccccc4)CC3)c12. The zero-order chi connectivity index (χ0) is 21.4. The number of aromatic nitrogens is 3. The van der Waals surface area contributed by atoms with Crippen molar-refractivity contribution in [3.63, 3.8) is 0 Å². The second-order valence-corrected chi connectivity index (χ2v) is 8.96. The zero-order valence-corrected chi connectivity index (χ0v) is 18.5. The third kappa shape index (κ3) is 3.81. The molecule has 0 spiro atoms. The minimum atomic E-state index is 0.0690. The highest BCUT2D eigenvalue weighted by atomic mass is 32.1. The number of thiophene rings is 1. The van der Waals surface area contributed by atoms with Crippen LogP contribution in [0.25, 0.3) is 21.6 Å². The summed E-state index contributed by atoms with van der Waals surface area (Å²) in [5, 5.41) is 11.0. The molecule has 0 atom stereocenters. The molecule has 3 aromatic heterocycles. The lowest BCUT2D eigenvalue weighted by molar-refractivity contribution is 0.0720. The highest BCUT2D eigenvalue weighted by molar-refractivity contribution is 7.13. The molecule has 1 aliphatic heterocycles. The molecule has 1 aromatic carbocycles. The molecular weight excluding hydrogens is 406 g/mol. The van der Waals surface area contributed by atoms with Crippen molar-refractivity contribution < 1.29 is 4.79 Å². The number of pyridine rings is 1. The Balaban J connectivity index is 1.41. The van der Waals surface area contributed by atoms with Gasteiger partial charge >= 0.3 is 0 Å². The molecular formula is C24H25N5OS. The summed E-state index contributed by atoms with van der Waals surface area (Å²) >= 11 is 1.63. The summed E-state index contributed by atoms with van der Waals surface area (Å²) < 4.78 is 1.77. The number of rotatable bonds is 4. The van der Waals surface area contributed by atoms with Gasteiger partial charge in [0.05, 0.1) is 27.2 Å². The van der Waals surface area contributed by atoms with E-state index >= 15 is 0 Å². The van der Waals surface area contributed by atoms with E-state index in [1.807, 2.05) is 60.6 Å². The van der Waals surface area contributed by atoms with Crippen LogP contribution in [-0.4, -0.2) is 44.7 Å². The maximum Gasteiger partial charge on any atom is 0.254 e. The molecule has 1 N–H and O–H groups in total. The average Bonchev–Trinajstić information content (AvgIpc) is 3.43. The Morgan fingerprint density at radius 2 is 1.90 bits per heavy atom. The topological polar surface area (TPSA) is 63.1 Å². The summed E-state index contributed by atoms with van der Waals surface area (Å²) in [4.78, 5) is 21.5. The van der Waals surface area contributed by atoms with Gasteiger partial charge in [-0.05, 0) is 49.4 Å². The molecule has 0 radical (unpaired) electrons. The largest absolute Gasteiger partial charge is 0.382 e. The number of piperidine rings is 1. The van der Waals surface area contributed by atoms with E-state index < -0.39 is 0 Å². The van der Waals surface area contributed by atoms with Crippen LogP contribution in [0.1, 0.15) is 28.9 Å². The maximum atomic E-state index is 13.6. The number of hydrogen-bond acceptors (Lipinski definition) is 5. The van der Waals surface area contributed by atoms with Crippen LogP contribution in [0.2, 0.25) is 0 Å². The Morgan fingerprint density at radius 1 is 1.13 bits per heavy atom. The molecule has 5 rings (SSSR count). The van der Waals surface area contributed by atoms with Crippen LogP contribution in [0.4, 0.5) is 5.69 Å². The molecule has 0 bridgehead atoms. The molecule has 7 heteroatoms. The van der Waals surface area contributed by atoms with Gasteiger partial charge in [-0.3, -0.25) is 9.48 Å². The molecule has 6 nitrogen and oxygen atoms in total. The fraction of sp³-hybridized carbons (Fsp3) is 0.292. The first-order chi connectivity index (χ1) is 15.1. The van der Waals surface area contributed by atoms with Crippen LogP contribution >= 0.6 is 11.3 Å². The lowest BCUT2D eigenvalue weighted by Crippen LogP contribution is -2.42. The van der Waals surface area contributed by atoms with Crippen molar-refractivity contribution in [2.45, 2.75) is 25.8 Å². The van der Waals surface area contributed by atoms with Crippen molar-refractivity contribution in [3.05, 3.63) is 65.2 Å². The summed E-state index contributed by atoms with van der Waals surface area (Å²) in [5.74, 6) is 0.0690. The quantitative estimate of drug-likeness (QED) is 0.508. The highest BCUT2D eigenvalue weighted by Crippen LogP contribution is 2.30. The van der Waals surface area contributed by atoms with Crippen molar-refractivity contribution in [2.24, 2.45) is 7.05 Å². The number of carbonyl (C=O) groups excluding carboxylic acids is 1. The van der Waals surface area contributed by atoms with Gasteiger partial charge < -0.3 is 10.2 Å². The van der Waals surface area contributed by atoms with Gasteiger partial charge in [-0.2, -0.15) is 5.10 Å². The van der Waals surface area contributed by atoms with E-state index in [4.69, 9.17) is 4.98 Å². The average molecular weight is 432 g/mol. The lowest BCUT2D eigenvalue weighted by atomic mass is 10.0. The zero-order valence-electron chi connectivity index (χ0n) is 17.7. The van der Waals surface area contributed by atoms with Crippen molar-refractivity contribution in [3.8, 4) is 10.6 Å². The van der Waals surface area contributed by atoms with Gasteiger partial charge in [-0.15, -0.1) is 11.3 Å². The summed E-state index contributed by atoms with van der Waals surface area (Å²) in [6.45, 7) is 3.42. The summed E-state index contributed by atoms with van der Waals surface area (Å²) in [5.41, 5.74) is 4.26. The number of fused-ring (bicyclic) bond motifs is 1. The van der Waals surface area contributed by atoms with Crippen LogP contribution < -0.4 is 5.32 Å². The fourth-order valence-corrected chi connectivity index (χ4v) is 5.02. The van der Waals surface area contributed by atoms with E-state index in [9.17, 15) is 4.79 Å². The predicted octanol–water partition coefficient (Wildman–Crippen LogP) is 4.72. The smallest absolute Gasteiger partial charge is 0.254 e. The van der Waals surface area contributed by atoms with Crippen molar-refractivity contribution in [2.75, 3.05) is 18.4 Å². The Kier molecular flexibility index (Phi) is 5.19. The summed E-state index contributed by atoms with van der Waals surface area (Å²) in [6, 6.07) is 16.6. The molecule has 0 aliphatic carbocycles. The third-order valence-electron chi connectivity index (χ3n) is 5.90. The van der Waals surface area contributed by atoms with E-state index in [-0.39, 0.29) is 5.91 Å². The van der Waals surface area contributed by atoms with E-state index in [1.165, 1.54) is 0 Å². The van der Waals surface area contributed by atoms with Crippen LogP contribution in [-0.2, 0) is 7.05 Å². The van der Waals surface area contributed by atoms with Crippen LogP contribution in [0.15, 0.2) is 53.9 Å². The number of likely N-dealkylation sites (tertiary alicyclic amines) is 1. The standard InChI is InChI=1S/C24H25N5OS/c1-16-22-19(15-20(21-9-6-14-31-21)26-23(22)28(2)27-16)24(30)29-12-10-18(11-13-29)25-17-7-4-3-5-8-17/h3-9,14-15,18,25H,10-13H2,1-2H3. The number of benzene rings is 1. The van der Waals surface area contributed by atoms with Gasteiger partial charge in [0.25, 0.3) is 5.91 Å². The second kappa shape index (κ2) is 8.15. The van der Waals surface area contributed by atoms with Crippen LogP contribution in [0, 0.1) is 6.92 Å². The molecule has 158 valence electrons. The van der Waals surface area contributed by atoms with E-state index in [2.05, 4.69) is 22.5 Å². The number of nitrogens with one attached hydrogen (secondary N) is 1. The summed E-state index contributed by atoms with van der Waals surface area (Å²) in [7, 11) is 1.88. The molecule has 4 aromatic rings. The predicted molar refractivity (Wildman–Crippen MR) is 126 cm³/mol. The summed E-state index contributed by atoms with van der Waals surface area (Å²) in [6.07, 6.45) is 1.86. The number of para-hydroxylation sites is 1. The Hall–Kier alpha value is -3.19. The van der Waals surface area contributed by atoms with Gasteiger partial charge in [0.1, 0.15) is 0 Å². The number of carbonyl (C=O) groups is 1. The van der Waals surface area contributed by atoms with Crippen LogP contribution in [0.3, 0.4) is 0 Å². The molecule has 1 amide bonds. The van der Waals surface area contributed by atoms with Gasteiger partial charge in [0.15, 0.2) is 5.65 Å². The lowest BCUT2D eigenvalue weighted by Gasteiger charge is -2.33. The Labute approximate surface area is 185 Å². The molecule has 1 aliphatic rings. The Morgan fingerprint density at radius 3 is 2.61 bits per heavy atom. The monoisotopic (exact) mass is 431 g/mol. The van der Waals surface area contributed by atoms with Gasteiger partial charge in [0.2, 0.25) is 0 Å². The fourth-order valence-electron chi connectivity index (χ4n) is 4.33. The number of aryl methyl sites for hydroxylation is 2. The first-order valence-corrected chi connectivity index (χ1v) is 11.5. The Bertz CT molecular complexity index is 1210. The minimum Gasteiger partial charge on any atom is -0.382 e. The maximum absolute atomic E-state index is 13.6. The van der Waals surface area contributed by atoms with Gasteiger partial charge in [0, 0.05) is 31.9 Å².